The fraction of sp³-hybridized carbons (Fsp3) is 0.611. The Morgan fingerprint density at radius 2 is 1.84 bits per heavy atom. The normalized spacial score (nSPS) is 15.8. The van der Waals surface area contributed by atoms with Crippen molar-refractivity contribution in [3.8, 4) is 0 Å². The quantitative estimate of drug-likeness (QED) is 0.742. The van der Waals surface area contributed by atoms with Crippen molar-refractivity contribution in [2.75, 3.05) is 23.7 Å². The summed E-state index contributed by atoms with van der Waals surface area (Å²) in [6.07, 6.45) is 8.17. The minimum absolute atomic E-state index is 0.00451. The lowest BCUT2D eigenvalue weighted by atomic mass is 9.89. The molecule has 1 fully saturated rings. The Hall–Kier alpha value is -1.27. The van der Waals surface area contributed by atoms with Crippen LogP contribution in [-0.2, 0) is 14.8 Å². The third kappa shape index (κ3) is 6.86. The van der Waals surface area contributed by atoms with Crippen molar-refractivity contribution in [1.29, 1.82) is 0 Å². The molecule has 1 N–H and O–H groups in total. The van der Waals surface area contributed by atoms with Gasteiger partial charge in [0, 0.05) is 24.5 Å². The maximum Gasteiger partial charge on any atom is 0.232 e. The first-order chi connectivity index (χ1) is 11.9. The number of halogens is 1. The Morgan fingerprint density at radius 1 is 1.20 bits per heavy atom. The van der Waals surface area contributed by atoms with Gasteiger partial charge < -0.3 is 5.32 Å². The summed E-state index contributed by atoms with van der Waals surface area (Å²) in [5, 5.41) is 3.54. The lowest BCUT2D eigenvalue weighted by Gasteiger charge is -2.23. The molecule has 1 aliphatic carbocycles. The van der Waals surface area contributed by atoms with Crippen molar-refractivity contribution in [2.45, 2.75) is 44.9 Å². The van der Waals surface area contributed by atoms with Gasteiger partial charge in [-0.25, -0.2) is 8.42 Å². The van der Waals surface area contributed by atoms with Gasteiger partial charge in [0.05, 0.1) is 11.9 Å². The fourth-order valence-corrected chi connectivity index (χ4v) is 4.31. The van der Waals surface area contributed by atoms with E-state index in [1.165, 1.54) is 42.7 Å². The molecule has 0 radical (unpaired) electrons. The third-order valence-corrected chi connectivity index (χ3v) is 6.04. The molecule has 5 nitrogen and oxygen atoms in total. The second-order valence-corrected chi connectivity index (χ2v) is 9.07. The number of nitrogens with one attached hydrogen (secondary N) is 1. The van der Waals surface area contributed by atoms with E-state index in [0.717, 1.165) is 6.54 Å². The summed E-state index contributed by atoms with van der Waals surface area (Å²) < 4.78 is 25.4. The second-order valence-electron chi connectivity index (χ2n) is 6.72. The minimum Gasteiger partial charge on any atom is -0.356 e. The van der Waals surface area contributed by atoms with E-state index in [-0.39, 0.29) is 12.5 Å². The van der Waals surface area contributed by atoms with Crippen LogP contribution in [0.2, 0.25) is 5.02 Å². The molecule has 0 atom stereocenters. The zero-order chi connectivity index (χ0) is 18.3. The number of sulfonamides is 1. The highest BCUT2D eigenvalue weighted by molar-refractivity contribution is 7.92. The number of benzene rings is 1. The Balaban J connectivity index is 1.80. The molecule has 1 amide bonds. The van der Waals surface area contributed by atoms with Crippen molar-refractivity contribution in [3.63, 3.8) is 0 Å². The molecule has 0 aliphatic heterocycles. The van der Waals surface area contributed by atoms with Gasteiger partial charge in [-0.2, -0.15) is 0 Å². The average Bonchev–Trinajstić information content (AvgIpc) is 2.58. The molecule has 1 aromatic carbocycles. The van der Waals surface area contributed by atoms with Gasteiger partial charge in [-0.1, -0.05) is 30.9 Å². The van der Waals surface area contributed by atoms with E-state index in [1.54, 1.807) is 24.3 Å². The van der Waals surface area contributed by atoms with Crippen LogP contribution >= 0.6 is 11.6 Å². The molecule has 0 bridgehead atoms. The van der Waals surface area contributed by atoms with Crippen molar-refractivity contribution in [1.82, 2.24) is 5.32 Å². The van der Waals surface area contributed by atoms with Crippen LogP contribution in [0.5, 0.6) is 0 Å². The van der Waals surface area contributed by atoms with E-state index < -0.39 is 10.0 Å². The number of hydrogen-bond donors (Lipinski definition) is 1. The van der Waals surface area contributed by atoms with Gasteiger partial charge in [0.15, 0.2) is 0 Å². The average molecular weight is 387 g/mol. The topological polar surface area (TPSA) is 66.5 Å². The summed E-state index contributed by atoms with van der Waals surface area (Å²) in [5.74, 6) is 0.592. The third-order valence-electron chi connectivity index (χ3n) is 4.59. The highest BCUT2D eigenvalue weighted by Crippen LogP contribution is 2.23. The summed E-state index contributed by atoms with van der Waals surface area (Å²) in [6, 6.07) is 6.66. The van der Waals surface area contributed by atoms with Gasteiger partial charge in [0.2, 0.25) is 15.9 Å². The van der Waals surface area contributed by atoms with E-state index in [4.69, 9.17) is 11.6 Å². The van der Waals surface area contributed by atoms with Gasteiger partial charge in [-0.15, -0.1) is 0 Å². The van der Waals surface area contributed by atoms with Gasteiger partial charge in [-0.05, 0) is 49.4 Å². The number of nitrogens with zero attached hydrogens (tertiary/aromatic N) is 1. The van der Waals surface area contributed by atoms with Gasteiger partial charge in [0.25, 0.3) is 0 Å². The Bertz CT molecular complexity index is 655. The van der Waals surface area contributed by atoms with Crippen LogP contribution in [-0.4, -0.2) is 33.7 Å². The van der Waals surface area contributed by atoms with E-state index >= 15 is 0 Å². The highest BCUT2D eigenvalue weighted by atomic mass is 35.5. The fourth-order valence-electron chi connectivity index (χ4n) is 3.21. The number of carbonyl (C=O) groups is 1. The summed E-state index contributed by atoms with van der Waals surface area (Å²) in [5.41, 5.74) is 0.564. The molecule has 7 heteroatoms. The molecule has 0 aromatic heterocycles. The first-order valence-electron chi connectivity index (χ1n) is 8.86. The van der Waals surface area contributed by atoms with Crippen LogP contribution in [0, 0.1) is 5.92 Å². The molecule has 2 rings (SSSR count). The lowest BCUT2D eigenvalue weighted by Crippen LogP contribution is -2.33. The van der Waals surface area contributed by atoms with Crippen LogP contribution < -0.4 is 9.62 Å². The summed E-state index contributed by atoms with van der Waals surface area (Å²) in [6.45, 7) is 1.02. The van der Waals surface area contributed by atoms with Crippen molar-refractivity contribution < 1.29 is 13.2 Å². The number of carbonyl (C=O) groups excluding carboxylic acids is 1. The first kappa shape index (κ1) is 20.0. The predicted octanol–water partition coefficient (Wildman–Crippen LogP) is 3.58. The molecular weight excluding hydrogens is 360 g/mol. The van der Waals surface area contributed by atoms with Gasteiger partial charge in [0.1, 0.15) is 0 Å². The molecule has 0 unspecified atom stereocenters. The van der Waals surface area contributed by atoms with Crippen LogP contribution in [0.15, 0.2) is 24.3 Å². The molecular formula is C18H27ClN2O3S. The first-order valence-corrected chi connectivity index (χ1v) is 11.1. The lowest BCUT2D eigenvalue weighted by molar-refractivity contribution is -0.121. The van der Waals surface area contributed by atoms with Gasteiger partial charge in [-0.3, -0.25) is 9.10 Å². The van der Waals surface area contributed by atoms with Gasteiger partial charge >= 0.3 is 0 Å². The largest absolute Gasteiger partial charge is 0.356 e. The molecule has 1 saturated carbocycles. The molecule has 25 heavy (non-hydrogen) atoms. The Morgan fingerprint density at radius 3 is 2.44 bits per heavy atom. The van der Waals surface area contributed by atoms with Crippen LogP contribution in [0.3, 0.4) is 0 Å². The SMILES string of the molecule is CS(=O)(=O)N(CCCC(=O)NCC1CCCCC1)c1ccc(Cl)cc1. The molecule has 0 saturated heterocycles. The van der Waals surface area contributed by atoms with E-state index in [2.05, 4.69) is 5.32 Å². The number of hydrogen-bond acceptors (Lipinski definition) is 3. The smallest absolute Gasteiger partial charge is 0.232 e. The maximum absolute atomic E-state index is 12.0. The predicted molar refractivity (Wildman–Crippen MR) is 102 cm³/mol. The Kier molecular flexibility index (Phi) is 7.56. The summed E-state index contributed by atoms with van der Waals surface area (Å²) in [7, 11) is -3.40. The number of anilines is 1. The molecule has 0 heterocycles. The maximum atomic E-state index is 12.0. The number of rotatable bonds is 8. The zero-order valence-corrected chi connectivity index (χ0v) is 16.3. The molecule has 1 aromatic rings. The van der Waals surface area contributed by atoms with Crippen molar-refractivity contribution in [3.05, 3.63) is 29.3 Å². The Labute approximate surface area is 155 Å². The highest BCUT2D eigenvalue weighted by Gasteiger charge is 2.18. The summed E-state index contributed by atoms with van der Waals surface area (Å²) >= 11 is 5.85. The van der Waals surface area contributed by atoms with Crippen LogP contribution in [0.25, 0.3) is 0 Å². The second kappa shape index (κ2) is 9.43. The molecule has 0 spiro atoms. The standard InChI is InChI=1S/C18H27ClN2O3S/c1-25(23,24)21(17-11-9-16(19)10-12-17)13-5-8-18(22)20-14-15-6-3-2-4-7-15/h9-12,15H,2-8,13-14H2,1H3,(H,20,22). The number of amides is 1. The summed E-state index contributed by atoms with van der Waals surface area (Å²) in [4.78, 5) is 12.0. The molecule has 140 valence electrons. The van der Waals surface area contributed by atoms with E-state index in [0.29, 0.717) is 29.5 Å². The molecule has 1 aliphatic rings. The van der Waals surface area contributed by atoms with Crippen LogP contribution in [0.4, 0.5) is 5.69 Å². The monoisotopic (exact) mass is 386 g/mol. The van der Waals surface area contributed by atoms with Crippen molar-refractivity contribution >= 4 is 33.2 Å². The van der Waals surface area contributed by atoms with Crippen LogP contribution in [0.1, 0.15) is 44.9 Å². The van der Waals surface area contributed by atoms with E-state index in [9.17, 15) is 13.2 Å². The minimum atomic E-state index is -3.40. The zero-order valence-electron chi connectivity index (χ0n) is 14.7. The van der Waals surface area contributed by atoms with E-state index in [1.807, 2.05) is 0 Å². The van der Waals surface area contributed by atoms with Crippen molar-refractivity contribution in [2.24, 2.45) is 5.92 Å².